The van der Waals surface area contributed by atoms with Crippen molar-refractivity contribution in [2.45, 2.75) is 25.7 Å². The van der Waals surface area contributed by atoms with Crippen LogP contribution in [0.5, 0.6) is 0 Å². The predicted molar refractivity (Wildman–Crippen MR) is 44.1 cm³/mol. The van der Waals surface area contributed by atoms with Gasteiger partial charge in [0.1, 0.15) is 6.26 Å². The van der Waals surface area contributed by atoms with Gasteiger partial charge in [0, 0.05) is 5.56 Å². The molecular formula is C9H13NO2. The summed E-state index contributed by atoms with van der Waals surface area (Å²) in [5, 5.41) is 4.03. The Bertz CT molecular complexity index is 276. The third-order valence-corrected chi connectivity index (χ3v) is 2.44. The number of hydrogen-bond donors (Lipinski definition) is 0. The lowest BCUT2D eigenvalue weighted by atomic mass is 9.82. The lowest BCUT2D eigenvalue weighted by Crippen LogP contribution is -2.44. The minimum Gasteiger partial charge on any atom is -0.379 e. The Hall–Kier alpha value is -0.830. The molecule has 0 bridgehead atoms. The summed E-state index contributed by atoms with van der Waals surface area (Å²) < 4.78 is 10.1. The molecule has 0 radical (unpaired) electrons. The van der Waals surface area contributed by atoms with Crippen molar-refractivity contribution in [1.29, 1.82) is 0 Å². The van der Waals surface area contributed by atoms with Gasteiger partial charge in [-0.15, -0.1) is 0 Å². The molecule has 1 aliphatic heterocycles. The van der Waals surface area contributed by atoms with Gasteiger partial charge in [-0.2, -0.15) is 0 Å². The van der Waals surface area contributed by atoms with E-state index in [0.717, 1.165) is 25.3 Å². The summed E-state index contributed by atoms with van der Waals surface area (Å²) >= 11 is 0. The third kappa shape index (κ3) is 0.966. The summed E-state index contributed by atoms with van der Waals surface area (Å²) in [6.45, 7) is 5.81. The van der Waals surface area contributed by atoms with Crippen molar-refractivity contribution in [2.24, 2.45) is 0 Å². The fourth-order valence-electron chi connectivity index (χ4n) is 1.55. The largest absolute Gasteiger partial charge is 0.379 e. The van der Waals surface area contributed by atoms with Crippen molar-refractivity contribution in [2.75, 3.05) is 13.2 Å². The van der Waals surface area contributed by atoms with E-state index in [0.29, 0.717) is 0 Å². The van der Waals surface area contributed by atoms with Gasteiger partial charge >= 0.3 is 0 Å². The van der Waals surface area contributed by atoms with Gasteiger partial charge in [-0.25, -0.2) is 0 Å². The first kappa shape index (κ1) is 7.80. The van der Waals surface area contributed by atoms with Crippen molar-refractivity contribution in [3.05, 3.63) is 17.5 Å². The second kappa shape index (κ2) is 2.59. The topological polar surface area (TPSA) is 35.3 Å². The van der Waals surface area contributed by atoms with Crippen LogP contribution in [-0.4, -0.2) is 18.4 Å². The minimum absolute atomic E-state index is 0.109. The zero-order valence-electron chi connectivity index (χ0n) is 7.46. The van der Waals surface area contributed by atoms with E-state index in [1.165, 1.54) is 5.56 Å². The molecule has 66 valence electrons. The molecule has 1 aromatic rings. The van der Waals surface area contributed by atoms with Crippen LogP contribution in [0.1, 0.15) is 25.1 Å². The molecule has 2 rings (SSSR count). The Labute approximate surface area is 71.7 Å². The van der Waals surface area contributed by atoms with Gasteiger partial charge in [-0.1, -0.05) is 12.1 Å². The number of ether oxygens (including phenoxy) is 1. The SMILES string of the molecule is CCc1conc1C1(C)COC1. The van der Waals surface area contributed by atoms with Gasteiger partial charge in [-0.3, -0.25) is 0 Å². The number of aromatic nitrogens is 1. The van der Waals surface area contributed by atoms with Crippen LogP contribution in [0.25, 0.3) is 0 Å². The summed E-state index contributed by atoms with van der Waals surface area (Å²) in [5.41, 5.74) is 2.40. The Balaban J connectivity index is 2.31. The molecule has 0 aromatic carbocycles. The van der Waals surface area contributed by atoms with Crippen LogP contribution in [0.4, 0.5) is 0 Å². The summed E-state index contributed by atoms with van der Waals surface area (Å²) in [5.74, 6) is 0. The lowest BCUT2D eigenvalue weighted by Gasteiger charge is -2.36. The normalized spacial score (nSPS) is 20.5. The fraction of sp³-hybridized carbons (Fsp3) is 0.667. The molecule has 0 aliphatic carbocycles. The van der Waals surface area contributed by atoms with Crippen LogP contribution in [0.15, 0.2) is 10.8 Å². The predicted octanol–water partition coefficient (Wildman–Crippen LogP) is 1.52. The Morgan fingerprint density at radius 3 is 2.83 bits per heavy atom. The van der Waals surface area contributed by atoms with Gasteiger partial charge < -0.3 is 9.26 Å². The Morgan fingerprint density at radius 1 is 1.58 bits per heavy atom. The Morgan fingerprint density at radius 2 is 2.33 bits per heavy atom. The number of hydrogen-bond acceptors (Lipinski definition) is 3. The molecule has 12 heavy (non-hydrogen) atoms. The molecule has 1 aromatic heterocycles. The van der Waals surface area contributed by atoms with E-state index >= 15 is 0 Å². The molecule has 0 amide bonds. The molecule has 0 spiro atoms. The van der Waals surface area contributed by atoms with E-state index in [1.807, 2.05) is 0 Å². The van der Waals surface area contributed by atoms with Crippen LogP contribution in [-0.2, 0) is 16.6 Å². The molecular weight excluding hydrogens is 154 g/mol. The molecule has 3 nitrogen and oxygen atoms in total. The molecule has 0 unspecified atom stereocenters. The highest BCUT2D eigenvalue weighted by molar-refractivity contribution is 5.25. The first-order valence-electron chi connectivity index (χ1n) is 4.28. The molecule has 1 aliphatic rings. The van der Waals surface area contributed by atoms with Gasteiger partial charge in [-0.05, 0) is 13.3 Å². The second-order valence-electron chi connectivity index (χ2n) is 3.60. The van der Waals surface area contributed by atoms with E-state index in [1.54, 1.807) is 6.26 Å². The maximum absolute atomic E-state index is 5.18. The first-order chi connectivity index (χ1) is 5.76. The lowest BCUT2D eigenvalue weighted by molar-refractivity contribution is -0.0536. The maximum atomic E-state index is 5.18. The zero-order valence-corrected chi connectivity index (χ0v) is 7.46. The van der Waals surface area contributed by atoms with Crippen LogP contribution in [0.3, 0.4) is 0 Å². The van der Waals surface area contributed by atoms with Crippen molar-refractivity contribution in [1.82, 2.24) is 5.16 Å². The highest BCUT2D eigenvalue weighted by Crippen LogP contribution is 2.32. The van der Waals surface area contributed by atoms with Gasteiger partial charge in [0.15, 0.2) is 0 Å². The van der Waals surface area contributed by atoms with Crippen LogP contribution >= 0.6 is 0 Å². The molecule has 3 heteroatoms. The second-order valence-corrected chi connectivity index (χ2v) is 3.60. The molecule has 1 fully saturated rings. The quantitative estimate of drug-likeness (QED) is 0.670. The summed E-state index contributed by atoms with van der Waals surface area (Å²) in [4.78, 5) is 0. The van der Waals surface area contributed by atoms with Crippen LogP contribution in [0.2, 0.25) is 0 Å². The smallest absolute Gasteiger partial charge is 0.127 e. The van der Waals surface area contributed by atoms with E-state index in [9.17, 15) is 0 Å². The first-order valence-corrected chi connectivity index (χ1v) is 4.28. The average Bonchev–Trinajstić information content (AvgIpc) is 2.47. The van der Waals surface area contributed by atoms with E-state index < -0.39 is 0 Å². The highest BCUT2D eigenvalue weighted by Gasteiger charge is 2.39. The van der Waals surface area contributed by atoms with Gasteiger partial charge in [0.05, 0.1) is 24.3 Å². The summed E-state index contributed by atoms with van der Waals surface area (Å²) in [7, 11) is 0. The number of rotatable bonds is 2. The number of aryl methyl sites for hydroxylation is 1. The standard InChI is InChI=1S/C9H13NO2/c1-3-7-4-12-10-8(7)9(2)5-11-6-9/h4H,3,5-6H2,1-2H3. The number of nitrogens with zero attached hydrogens (tertiary/aromatic N) is 1. The molecule has 0 saturated carbocycles. The van der Waals surface area contributed by atoms with Crippen molar-refractivity contribution in [3.63, 3.8) is 0 Å². The molecule has 2 heterocycles. The zero-order chi connectivity index (χ0) is 8.60. The molecule has 0 N–H and O–H groups in total. The Kier molecular flexibility index (Phi) is 1.68. The van der Waals surface area contributed by atoms with Crippen LogP contribution in [0, 0.1) is 0 Å². The monoisotopic (exact) mass is 167 g/mol. The van der Waals surface area contributed by atoms with Crippen molar-refractivity contribution >= 4 is 0 Å². The van der Waals surface area contributed by atoms with Crippen LogP contribution < -0.4 is 0 Å². The van der Waals surface area contributed by atoms with Gasteiger partial charge in [0.25, 0.3) is 0 Å². The van der Waals surface area contributed by atoms with Crippen molar-refractivity contribution in [3.8, 4) is 0 Å². The minimum atomic E-state index is 0.109. The third-order valence-electron chi connectivity index (χ3n) is 2.44. The average molecular weight is 167 g/mol. The summed E-state index contributed by atoms with van der Waals surface area (Å²) in [6, 6.07) is 0. The van der Waals surface area contributed by atoms with Gasteiger partial charge in [0.2, 0.25) is 0 Å². The highest BCUT2D eigenvalue weighted by atomic mass is 16.5. The summed E-state index contributed by atoms with van der Waals surface area (Å²) in [6.07, 6.45) is 2.72. The van der Waals surface area contributed by atoms with E-state index in [-0.39, 0.29) is 5.41 Å². The molecule has 1 saturated heterocycles. The fourth-order valence-corrected chi connectivity index (χ4v) is 1.55. The maximum Gasteiger partial charge on any atom is 0.127 e. The van der Waals surface area contributed by atoms with E-state index in [2.05, 4.69) is 19.0 Å². The van der Waals surface area contributed by atoms with Crippen molar-refractivity contribution < 1.29 is 9.26 Å². The van der Waals surface area contributed by atoms with E-state index in [4.69, 9.17) is 9.26 Å². The molecule has 0 atom stereocenters.